The van der Waals surface area contributed by atoms with Gasteiger partial charge in [0.15, 0.2) is 0 Å². The van der Waals surface area contributed by atoms with Gasteiger partial charge >= 0.3 is 523 Å². The summed E-state index contributed by atoms with van der Waals surface area (Å²) in [6, 6.07) is 94.2. The Morgan fingerprint density at radius 1 is 0.311 bits per heavy atom. The van der Waals surface area contributed by atoms with Gasteiger partial charge in [-0.3, -0.25) is 0 Å². The fourth-order valence-corrected chi connectivity index (χ4v) is 37.5. The van der Waals surface area contributed by atoms with Crippen LogP contribution in [0.3, 0.4) is 0 Å². The summed E-state index contributed by atoms with van der Waals surface area (Å²) in [5.74, 6) is 1.37. The topological polar surface area (TPSA) is 0 Å². The van der Waals surface area contributed by atoms with E-state index >= 15 is 0 Å². The molecule has 0 bridgehead atoms. The van der Waals surface area contributed by atoms with Crippen LogP contribution in [0, 0.1) is 11.8 Å². The maximum absolute atomic E-state index is 4.77. The zero-order valence-corrected chi connectivity index (χ0v) is 56.7. The van der Waals surface area contributed by atoms with Crippen LogP contribution < -0.4 is 0 Å². The number of hydrogen-bond donors (Lipinski definition) is 0. The predicted molar refractivity (Wildman–Crippen MR) is 395 cm³/mol. The van der Waals surface area contributed by atoms with Gasteiger partial charge in [-0.1, -0.05) is 0 Å². The average Bonchev–Trinajstić information content (AvgIpc) is 1.44. The Kier molecular flexibility index (Phi) is 14.1. The van der Waals surface area contributed by atoms with Crippen molar-refractivity contribution in [1.29, 1.82) is 0 Å². The molecule has 0 nitrogen and oxygen atoms in total. The summed E-state index contributed by atoms with van der Waals surface area (Å²) < 4.78 is 6.48. The van der Waals surface area contributed by atoms with Gasteiger partial charge in [-0.2, -0.15) is 0 Å². The number of benzene rings is 14. The van der Waals surface area contributed by atoms with Crippen LogP contribution in [-0.4, -0.2) is 6.88 Å². The molecule has 90 heavy (non-hydrogen) atoms. The second-order valence-electron chi connectivity index (χ2n) is 28.0. The van der Waals surface area contributed by atoms with Crippen molar-refractivity contribution in [3.63, 3.8) is 0 Å². The van der Waals surface area contributed by atoms with Crippen molar-refractivity contribution in [1.82, 2.24) is 0 Å². The van der Waals surface area contributed by atoms with Gasteiger partial charge in [0.25, 0.3) is 0 Å². The molecule has 0 aromatic heterocycles. The first-order valence-corrected chi connectivity index (χ1v) is 46.3. The van der Waals surface area contributed by atoms with Crippen LogP contribution in [0.4, 0.5) is 0 Å². The molecule has 0 N–H and O–H groups in total. The molecule has 0 aliphatic heterocycles. The summed E-state index contributed by atoms with van der Waals surface area (Å²) in [5.41, 5.74) is 20.7. The summed E-state index contributed by atoms with van der Waals surface area (Å²) in [7, 11) is 0. The SMILES string of the molecule is Cl.Cl.[CH3][Zr]([CH3])(=[SiH2])([CH]1C(CC2CCC2)=Cc2c(-c3c4ccccc4cc4ccccc34)ccc(-c3c4ccccc4cc4ccccc34)c21)[CH]1C(CC2CCC2)=Cc2c(-c3c4ccccc4cc4ccccc34)ccc(-c3c4ccccc4cc4ccccc34)c21. The minimum absolute atomic E-state index is 0. The summed E-state index contributed by atoms with van der Waals surface area (Å²) in [6.45, 7) is 2.60. The van der Waals surface area contributed by atoms with E-state index in [1.165, 1.54) is 180 Å². The van der Waals surface area contributed by atoms with Gasteiger partial charge in [-0.25, -0.2) is 0 Å². The van der Waals surface area contributed by atoms with E-state index in [9.17, 15) is 0 Å². The Hall–Kier alpha value is -7.68. The molecule has 0 spiro atoms. The summed E-state index contributed by atoms with van der Waals surface area (Å²) >= 11 is -4.77. The number of allylic oxidation sites excluding steroid dienone is 2. The fraction of sp³-hybridized carbons (Fsp3) is 0.163. The molecule has 438 valence electrons. The molecule has 2 atom stereocenters. The zero-order chi connectivity index (χ0) is 58.4. The van der Waals surface area contributed by atoms with Gasteiger partial charge in [0.2, 0.25) is 0 Å². The quantitative estimate of drug-likeness (QED) is 0.0946. The van der Waals surface area contributed by atoms with Gasteiger partial charge in [0.1, 0.15) is 0 Å². The van der Waals surface area contributed by atoms with E-state index in [1.807, 2.05) is 0 Å². The molecule has 0 heterocycles. The number of fused-ring (bicyclic) bond motifs is 10. The fourth-order valence-electron chi connectivity index (χ4n) is 17.9. The standard InChI is InChI=1S/2C42H31.2CH3.2ClH.H2Si.Zr/c2*1-5-16-33-29(12-1)25-30-13-2-6-17-34(30)41(33)37-20-21-38(40-24-28(23-39(37)40)22-27-10-9-11-27)42-35-18-7-3-14-31(35)26-32-15-4-8-19-36(32)42;;;;;;/h2*1-8,12-21,23-27H,9-11,22H2;2*1H3;2*1H;1H2;. The van der Waals surface area contributed by atoms with Crippen LogP contribution in [-0.2, 0) is 17.4 Å². The van der Waals surface area contributed by atoms with Crippen molar-refractivity contribution in [3.05, 3.63) is 276 Å². The van der Waals surface area contributed by atoms with Gasteiger partial charge in [0, 0.05) is 0 Å². The second-order valence-corrected chi connectivity index (χ2v) is 58.5. The molecule has 14 aromatic rings. The summed E-state index contributed by atoms with van der Waals surface area (Å²) in [6.07, 6.45) is 15.9. The Morgan fingerprint density at radius 3 is 0.767 bits per heavy atom. The molecule has 4 aliphatic rings. The number of rotatable bonds is 10. The van der Waals surface area contributed by atoms with Gasteiger partial charge in [-0.15, -0.1) is 24.8 Å². The monoisotopic (exact) mass is 1290 g/mol. The maximum atomic E-state index is 2.98. The van der Waals surface area contributed by atoms with Crippen molar-refractivity contribution < 1.29 is 17.4 Å². The van der Waals surface area contributed by atoms with Crippen LogP contribution in [0.2, 0.25) is 9.26 Å². The molecule has 4 heteroatoms. The predicted octanol–water partition coefficient (Wildman–Crippen LogP) is 24.7. The van der Waals surface area contributed by atoms with Crippen LogP contribution in [0.1, 0.15) is 80.9 Å². The molecule has 0 saturated heterocycles. The van der Waals surface area contributed by atoms with Crippen molar-refractivity contribution in [2.75, 3.05) is 0 Å². The molecule has 2 saturated carbocycles. The summed E-state index contributed by atoms with van der Waals surface area (Å²) in [4.78, 5) is 0. The summed E-state index contributed by atoms with van der Waals surface area (Å²) in [5, 5.41) is 21.1. The average molecular weight is 1300 g/mol. The van der Waals surface area contributed by atoms with E-state index < -0.39 is 17.4 Å². The first kappa shape index (κ1) is 57.5. The molecule has 18 rings (SSSR count). The van der Waals surface area contributed by atoms with Crippen LogP contribution in [0.5, 0.6) is 0 Å². The molecule has 2 unspecified atom stereocenters. The third kappa shape index (κ3) is 8.90. The Labute approximate surface area is 543 Å². The molecule has 2 fully saturated rings. The van der Waals surface area contributed by atoms with E-state index in [0.29, 0.717) is 11.8 Å². The normalized spacial score (nSPS) is 16.7. The van der Waals surface area contributed by atoms with E-state index in [1.54, 1.807) is 22.3 Å². The third-order valence-corrected chi connectivity index (χ3v) is 39.5. The van der Waals surface area contributed by atoms with Gasteiger partial charge in [0.05, 0.1) is 0 Å². The van der Waals surface area contributed by atoms with Crippen molar-refractivity contribution >= 4 is 130 Å². The van der Waals surface area contributed by atoms with Crippen LogP contribution in [0.15, 0.2) is 254 Å². The zero-order valence-electron chi connectivity index (χ0n) is 51.2. The molecule has 0 amide bonds. The first-order valence-electron chi connectivity index (χ1n) is 32.6. The van der Waals surface area contributed by atoms with E-state index in [2.05, 4.69) is 271 Å². The Bertz CT molecular complexity index is 4930. The molecular formula is C86H72Cl2SiZr. The Morgan fingerprint density at radius 2 is 0.533 bits per heavy atom. The van der Waals surface area contributed by atoms with Crippen LogP contribution >= 0.6 is 24.8 Å². The van der Waals surface area contributed by atoms with E-state index in [-0.39, 0.29) is 32.1 Å². The van der Waals surface area contributed by atoms with Gasteiger partial charge < -0.3 is 0 Å². The number of hydrogen-bond acceptors (Lipinski definition) is 0. The molecule has 4 aliphatic carbocycles. The van der Waals surface area contributed by atoms with Crippen LogP contribution in [0.25, 0.3) is 143 Å². The molecule has 0 radical (unpaired) electrons. The first-order chi connectivity index (χ1) is 43.2. The van der Waals surface area contributed by atoms with Gasteiger partial charge in [-0.05, 0) is 0 Å². The third-order valence-electron chi connectivity index (χ3n) is 22.1. The van der Waals surface area contributed by atoms with E-state index in [4.69, 9.17) is 0 Å². The minimum atomic E-state index is -4.77. The van der Waals surface area contributed by atoms with Crippen molar-refractivity contribution in [2.24, 2.45) is 11.8 Å². The van der Waals surface area contributed by atoms with Crippen molar-refractivity contribution in [3.8, 4) is 44.5 Å². The molecule has 14 aromatic carbocycles. The molecular weight excluding hydrogens is 1220 g/mol. The second kappa shape index (κ2) is 22.0. The Balaban J connectivity index is 0.00000324. The number of halogens is 2. The van der Waals surface area contributed by atoms with Crippen molar-refractivity contribution in [2.45, 2.75) is 67.9 Å². The van der Waals surface area contributed by atoms with E-state index in [0.717, 1.165) is 12.8 Å².